The number of carbonyl (C=O) groups is 2. The highest BCUT2D eigenvalue weighted by atomic mass is 32.2. The molecule has 0 aromatic heterocycles. The molecule has 3 rings (SSSR count). The highest BCUT2D eigenvalue weighted by Gasteiger charge is 2.36. The van der Waals surface area contributed by atoms with Crippen molar-refractivity contribution >= 4 is 23.6 Å². The van der Waals surface area contributed by atoms with Crippen molar-refractivity contribution in [3.05, 3.63) is 35.4 Å². The van der Waals surface area contributed by atoms with Crippen LogP contribution in [0.15, 0.2) is 24.3 Å². The Labute approximate surface area is 104 Å². The van der Waals surface area contributed by atoms with Gasteiger partial charge in [0, 0.05) is 6.54 Å². The van der Waals surface area contributed by atoms with Gasteiger partial charge in [-0.15, -0.1) is 0 Å². The Bertz CT molecular complexity index is 445. The molecule has 2 aliphatic rings. The zero-order valence-electron chi connectivity index (χ0n) is 9.39. The molecule has 1 atom stereocenters. The van der Waals surface area contributed by atoms with Gasteiger partial charge >= 0.3 is 0 Å². The van der Waals surface area contributed by atoms with Gasteiger partial charge in [-0.2, -0.15) is 11.8 Å². The van der Waals surface area contributed by atoms with Gasteiger partial charge in [0.25, 0.3) is 11.8 Å². The summed E-state index contributed by atoms with van der Waals surface area (Å²) >= 11 is 1.90. The Kier molecular flexibility index (Phi) is 2.67. The summed E-state index contributed by atoms with van der Waals surface area (Å²) < 4.78 is 0. The highest BCUT2D eigenvalue weighted by molar-refractivity contribution is 7.99. The number of amides is 2. The zero-order chi connectivity index (χ0) is 11.8. The molecule has 0 spiro atoms. The third-order valence-electron chi connectivity index (χ3n) is 3.34. The molecular weight excluding hydrogens is 234 g/mol. The van der Waals surface area contributed by atoms with Crippen LogP contribution < -0.4 is 0 Å². The maximum atomic E-state index is 12.1. The minimum Gasteiger partial charge on any atom is -0.274 e. The average Bonchev–Trinajstić information content (AvgIpc) is 2.94. The summed E-state index contributed by atoms with van der Waals surface area (Å²) in [5.41, 5.74) is 1.12. The number of hydrogen-bond donors (Lipinski definition) is 0. The molecule has 2 aliphatic heterocycles. The van der Waals surface area contributed by atoms with Crippen LogP contribution in [-0.2, 0) is 0 Å². The van der Waals surface area contributed by atoms with E-state index >= 15 is 0 Å². The molecule has 1 unspecified atom stereocenters. The SMILES string of the molecule is O=C1c2ccccc2C(=O)N1CC1CCSC1. The second-order valence-electron chi connectivity index (χ2n) is 4.50. The van der Waals surface area contributed by atoms with Gasteiger partial charge in [-0.25, -0.2) is 0 Å². The van der Waals surface area contributed by atoms with E-state index in [4.69, 9.17) is 0 Å². The third kappa shape index (κ3) is 1.76. The zero-order valence-corrected chi connectivity index (χ0v) is 10.2. The molecule has 0 N–H and O–H groups in total. The topological polar surface area (TPSA) is 37.4 Å². The van der Waals surface area contributed by atoms with Gasteiger partial charge in [0.1, 0.15) is 0 Å². The molecule has 0 bridgehead atoms. The van der Waals surface area contributed by atoms with Crippen LogP contribution in [0.3, 0.4) is 0 Å². The lowest BCUT2D eigenvalue weighted by Gasteiger charge is -2.17. The smallest absolute Gasteiger partial charge is 0.261 e. The molecule has 4 heteroatoms. The first-order valence-corrected chi connectivity index (χ1v) is 6.96. The molecule has 1 fully saturated rings. The van der Waals surface area contributed by atoms with Gasteiger partial charge in [0.05, 0.1) is 11.1 Å². The van der Waals surface area contributed by atoms with Crippen LogP contribution in [0.4, 0.5) is 0 Å². The first-order valence-electron chi connectivity index (χ1n) is 5.80. The third-order valence-corrected chi connectivity index (χ3v) is 4.57. The van der Waals surface area contributed by atoms with Crippen LogP contribution in [0, 0.1) is 5.92 Å². The summed E-state index contributed by atoms with van der Waals surface area (Å²) in [7, 11) is 0. The highest BCUT2D eigenvalue weighted by Crippen LogP contribution is 2.28. The van der Waals surface area contributed by atoms with Gasteiger partial charge in [-0.3, -0.25) is 14.5 Å². The van der Waals surface area contributed by atoms with E-state index in [0.29, 0.717) is 23.6 Å². The maximum absolute atomic E-state index is 12.1. The predicted molar refractivity (Wildman–Crippen MR) is 67.2 cm³/mol. The molecule has 88 valence electrons. The van der Waals surface area contributed by atoms with E-state index in [-0.39, 0.29) is 11.8 Å². The number of benzene rings is 1. The number of hydrogen-bond acceptors (Lipinski definition) is 3. The molecule has 0 saturated carbocycles. The minimum atomic E-state index is -0.123. The van der Waals surface area contributed by atoms with Crippen molar-refractivity contribution in [1.82, 2.24) is 4.90 Å². The standard InChI is InChI=1S/C13H13NO2S/c15-12-10-3-1-2-4-11(10)13(16)14(12)7-9-5-6-17-8-9/h1-4,9H,5-8H2. The van der Waals surface area contributed by atoms with Crippen molar-refractivity contribution in [2.24, 2.45) is 5.92 Å². The number of fused-ring (bicyclic) bond motifs is 1. The molecular formula is C13H13NO2S. The Morgan fingerprint density at radius 3 is 2.35 bits per heavy atom. The van der Waals surface area contributed by atoms with E-state index in [1.165, 1.54) is 4.90 Å². The monoisotopic (exact) mass is 247 g/mol. The number of imide groups is 1. The van der Waals surface area contributed by atoms with Crippen molar-refractivity contribution in [3.8, 4) is 0 Å². The average molecular weight is 247 g/mol. The lowest BCUT2D eigenvalue weighted by atomic mass is 10.1. The fourth-order valence-electron chi connectivity index (χ4n) is 2.39. The fraction of sp³-hybridized carbons (Fsp3) is 0.385. The second kappa shape index (κ2) is 4.18. The van der Waals surface area contributed by atoms with Crippen LogP contribution in [0.25, 0.3) is 0 Å². The number of thioether (sulfide) groups is 1. The first-order chi connectivity index (χ1) is 8.27. The van der Waals surface area contributed by atoms with Gasteiger partial charge in [0.2, 0.25) is 0 Å². The molecule has 17 heavy (non-hydrogen) atoms. The molecule has 2 amide bonds. The van der Waals surface area contributed by atoms with Gasteiger partial charge in [0.15, 0.2) is 0 Å². The van der Waals surface area contributed by atoms with Crippen LogP contribution in [0.2, 0.25) is 0 Å². The maximum Gasteiger partial charge on any atom is 0.261 e. The quantitative estimate of drug-likeness (QED) is 0.750. The summed E-state index contributed by atoms with van der Waals surface area (Å²) in [5.74, 6) is 2.44. The van der Waals surface area contributed by atoms with Gasteiger partial charge < -0.3 is 0 Å². The molecule has 2 heterocycles. The Morgan fingerprint density at radius 2 is 1.82 bits per heavy atom. The van der Waals surface area contributed by atoms with Crippen molar-refractivity contribution in [3.63, 3.8) is 0 Å². The van der Waals surface area contributed by atoms with Crippen LogP contribution >= 0.6 is 11.8 Å². The van der Waals surface area contributed by atoms with E-state index in [1.54, 1.807) is 24.3 Å². The Morgan fingerprint density at radius 1 is 1.18 bits per heavy atom. The molecule has 3 nitrogen and oxygen atoms in total. The number of rotatable bonds is 2. The molecule has 1 aromatic carbocycles. The van der Waals surface area contributed by atoms with E-state index in [2.05, 4.69) is 0 Å². The Hall–Kier alpha value is -1.29. The number of carbonyl (C=O) groups excluding carboxylic acids is 2. The minimum absolute atomic E-state index is 0.123. The first kappa shape index (κ1) is 10.8. The second-order valence-corrected chi connectivity index (χ2v) is 5.65. The predicted octanol–water partition coefficient (Wildman–Crippen LogP) is 2.04. The normalized spacial score (nSPS) is 23.3. The lowest BCUT2D eigenvalue weighted by Crippen LogP contribution is -2.34. The van der Waals surface area contributed by atoms with Gasteiger partial charge in [-0.1, -0.05) is 12.1 Å². The lowest BCUT2D eigenvalue weighted by molar-refractivity contribution is 0.0634. The summed E-state index contributed by atoms with van der Waals surface area (Å²) in [6.45, 7) is 0.583. The summed E-state index contributed by atoms with van der Waals surface area (Å²) in [5, 5.41) is 0. The van der Waals surface area contributed by atoms with Crippen LogP contribution in [0.5, 0.6) is 0 Å². The van der Waals surface area contributed by atoms with E-state index in [0.717, 1.165) is 17.9 Å². The fourth-order valence-corrected chi connectivity index (χ4v) is 3.66. The van der Waals surface area contributed by atoms with Crippen molar-refractivity contribution in [2.45, 2.75) is 6.42 Å². The van der Waals surface area contributed by atoms with E-state index in [9.17, 15) is 9.59 Å². The van der Waals surface area contributed by atoms with Crippen molar-refractivity contribution < 1.29 is 9.59 Å². The van der Waals surface area contributed by atoms with E-state index < -0.39 is 0 Å². The molecule has 0 radical (unpaired) electrons. The largest absolute Gasteiger partial charge is 0.274 e. The number of nitrogens with zero attached hydrogens (tertiary/aromatic N) is 1. The van der Waals surface area contributed by atoms with Crippen molar-refractivity contribution in [2.75, 3.05) is 18.1 Å². The van der Waals surface area contributed by atoms with Crippen molar-refractivity contribution in [1.29, 1.82) is 0 Å². The summed E-state index contributed by atoms with van der Waals surface area (Å²) in [4.78, 5) is 25.6. The Balaban J connectivity index is 1.84. The van der Waals surface area contributed by atoms with E-state index in [1.807, 2.05) is 11.8 Å². The molecule has 1 saturated heterocycles. The van der Waals surface area contributed by atoms with Crippen LogP contribution in [0.1, 0.15) is 27.1 Å². The summed E-state index contributed by atoms with van der Waals surface area (Å²) in [6.07, 6.45) is 1.11. The summed E-state index contributed by atoms with van der Waals surface area (Å²) in [6, 6.07) is 7.08. The van der Waals surface area contributed by atoms with Gasteiger partial charge in [-0.05, 0) is 36.0 Å². The molecule has 1 aromatic rings. The molecule has 0 aliphatic carbocycles. The van der Waals surface area contributed by atoms with Crippen LogP contribution in [-0.4, -0.2) is 34.8 Å².